The van der Waals surface area contributed by atoms with Gasteiger partial charge in [-0.1, -0.05) is 18.2 Å². The van der Waals surface area contributed by atoms with Crippen molar-refractivity contribution in [3.05, 3.63) is 65.0 Å². The fourth-order valence-electron chi connectivity index (χ4n) is 3.47. The average molecular weight is 347 g/mol. The van der Waals surface area contributed by atoms with Gasteiger partial charge < -0.3 is 14.0 Å². The predicted octanol–water partition coefficient (Wildman–Crippen LogP) is 4.98. The Labute approximate surface area is 152 Å². The van der Waals surface area contributed by atoms with E-state index >= 15 is 0 Å². The van der Waals surface area contributed by atoms with Crippen molar-refractivity contribution in [2.45, 2.75) is 27.3 Å². The molecule has 1 aliphatic rings. The predicted molar refractivity (Wildman–Crippen MR) is 103 cm³/mol. The summed E-state index contributed by atoms with van der Waals surface area (Å²) in [6, 6.07) is 11.8. The number of fused-ring (bicyclic) bond motifs is 2. The van der Waals surface area contributed by atoms with Gasteiger partial charge in [0, 0.05) is 34.8 Å². The molecule has 0 saturated carbocycles. The van der Waals surface area contributed by atoms with Crippen molar-refractivity contribution in [3.63, 3.8) is 0 Å². The molecule has 0 unspecified atom stereocenters. The van der Waals surface area contributed by atoms with E-state index < -0.39 is 0 Å². The number of carbonyl (C=O) groups is 1. The van der Waals surface area contributed by atoms with Gasteiger partial charge >= 0.3 is 0 Å². The minimum atomic E-state index is -0.0838. The third-order valence-corrected chi connectivity index (χ3v) is 4.78. The Kier molecular flexibility index (Phi) is 4.03. The van der Waals surface area contributed by atoms with Crippen LogP contribution >= 0.6 is 0 Å². The van der Waals surface area contributed by atoms with E-state index in [4.69, 9.17) is 9.47 Å². The van der Waals surface area contributed by atoms with E-state index in [1.165, 1.54) is 0 Å². The Balaban J connectivity index is 1.78. The molecule has 1 aromatic heterocycles. The smallest absolute Gasteiger partial charge is 0.231 e. The number of allylic oxidation sites excluding steroid dienone is 1. The minimum absolute atomic E-state index is 0.0838. The van der Waals surface area contributed by atoms with Crippen LogP contribution in [0.15, 0.2) is 48.4 Å². The molecular weight excluding hydrogens is 326 g/mol. The highest BCUT2D eigenvalue weighted by Gasteiger charge is 2.30. The fourth-order valence-corrected chi connectivity index (χ4v) is 3.47. The summed E-state index contributed by atoms with van der Waals surface area (Å²) in [6.45, 7) is 7.41. The first-order valence-electron chi connectivity index (χ1n) is 8.92. The number of ketones is 1. The molecule has 132 valence electrons. The normalized spacial score (nSPS) is 14.7. The van der Waals surface area contributed by atoms with Crippen LogP contribution in [0.1, 0.15) is 35.3 Å². The van der Waals surface area contributed by atoms with E-state index in [-0.39, 0.29) is 5.78 Å². The first-order chi connectivity index (χ1) is 12.6. The second-order valence-corrected chi connectivity index (χ2v) is 6.33. The molecule has 4 heteroatoms. The number of ether oxygens (including phenoxy) is 2. The molecule has 0 radical (unpaired) electrons. The van der Waals surface area contributed by atoms with Gasteiger partial charge in [-0.2, -0.15) is 0 Å². The van der Waals surface area contributed by atoms with Gasteiger partial charge in [-0.25, -0.2) is 0 Å². The van der Waals surface area contributed by atoms with Crippen LogP contribution in [0.4, 0.5) is 0 Å². The number of rotatable bonds is 4. The molecule has 0 saturated heterocycles. The highest BCUT2D eigenvalue weighted by Crippen LogP contribution is 2.39. The molecule has 1 aliphatic heterocycles. The number of Topliss-reactive ketones (excluding diaryl/α,β-unsaturated/α-hetero) is 1. The van der Waals surface area contributed by atoms with Crippen LogP contribution in [-0.2, 0) is 6.54 Å². The molecule has 3 aromatic rings. The van der Waals surface area contributed by atoms with E-state index in [1.54, 1.807) is 6.07 Å². The number of hydrogen-bond donors (Lipinski definition) is 0. The van der Waals surface area contributed by atoms with Crippen molar-refractivity contribution in [3.8, 4) is 11.5 Å². The van der Waals surface area contributed by atoms with Gasteiger partial charge in [0.15, 0.2) is 5.76 Å². The molecule has 0 N–H and O–H groups in total. The summed E-state index contributed by atoms with van der Waals surface area (Å²) in [5.74, 6) is 1.63. The molecule has 26 heavy (non-hydrogen) atoms. The lowest BCUT2D eigenvalue weighted by atomic mass is 10.1. The SMILES string of the molecule is CCOc1ccc2c(c1C)OC(=Cc1cn(CC)c3ccccc13)C2=O. The Bertz CT molecular complexity index is 1040. The molecule has 0 aliphatic carbocycles. The lowest BCUT2D eigenvalue weighted by Crippen LogP contribution is -1.97. The maximum Gasteiger partial charge on any atom is 0.231 e. The van der Waals surface area contributed by atoms with Crippen LogP contribution in [-0.4, -0.2) is 17.0 Å². The van der Waals surface area contributed by atoms with Gasteiger partial charge in [0.25, 0.3) is 0 Å². The maximum absolute atomic E-state index is 12.8. The monoisotopic (exact) mass is 347 g/mol. The van der Waals surface area contributed by atoms with E-state index in [2.05, 4.69) is 29.8 Å². The second-order valence-electron chi connectivity index (χ2n) is 6.33. The Morgan fingerprint density at radius 3 is 2.73 bits per heavy atom. The van der Waals surface area contributed by atoms with Crippen molar-refractivity contribution < 1.29 is 14.3 Å². The van der Waals surface area contributed by atoms with Gasteiger partial charge in [0.05, 0.1) is 12.2 Å². The zero-order valence-electron chi connectivity index (χ0n) is 15.2. The zero-order chi connectivity index (χ0) is 18.3. The van der Waals surface area contributed by atoms with E-state index in [0.29, 0.717) is 23.7 Å². The maximum atomic E-state index is 12.8. The van der Waals surface area contributed by atoms with Crippen LogP contribution in [0.25, 0.3) is 17.0 Å². The summed E-state index contributed by atoms with van der Waals surface area (Å²) in [6.07, 6.45) is 3.91. The molecular formula is C22H21NO3. The van der Waals surface area contributed by atoms with Gasteiger partial charge in [-0.3, -0.25) is 4.79 Å². The quantitative estimate of drug-likeness (QED) is 0.625. The third-order valence-electron chi connectivity index (χ3n) is 4.78. The van der Waals surface area contributed by atoms with Crippen LogP contribution in [0, 0.1) is 6.92 Å². The van der Waals surface area contributed by atoms with Gasteiger partial charge in [-0.05, 0) is 45.0 Å². The average Bonchev–Trinajstić information content (AvgIpc) is 3.17. The Morgan fingerprint density at radius 1 is 1.15 bits per heavy atom. The van der Waals surface area contributed by atoms with Gasteiger partial charge in [-0.15, -0.1) is 0 Å². The Morgan fingerprint density at radius 2 is 1.96 bits per heavy atom. The number of nitrogens with zero attached hydrogens (tertiary/aromatic N) is 1. The zero-order valence-corrected chi connectivity index (χ0v) is 15.2. The first-order valence-corrected chi connectivity index (χ1v) is 8.92. The largest absolute Gasteiger partial charge is 0.493 e. The third kappa shape index (κ3) is 2.49. The van der Waals surface area contributed by atoms with Crippen LogP contribution < -0.4 is 9.47 Å². The number of carbonyl (C=O) groups excluding carboxylic acids is 1. The molecule has 0 atom stereocenters. The minimum Gasteiger partial charge on any atom is -0.493 e. The fraction of sp³-hybridized carbons (Fsp3) is 0.227. The lowest BCUT2D eigenvalue weighted by molar-refractivity contribution is 0.101. The van der Waals surface area contributed by atoms with Crippen LogP contribution in [0.3, 0.4) is 0 Å². The van der Waals surface area contributed by atoms with E-state index in [9.17, 15) is 4.79 Å². The van der Waals surface area contributed by atoms with Crippen LogP contribution in [0.5, 0.6) is 11.5 Å². The number of para-hydroxylation sites is 1. The summed E-state index contributed by atoms with van der Waals surface area (Å²) in [4.78, 5) is 12.8. The number of benzene rings is 2. The van der Waals surface area contributed by atoms with E-state index in [1.807, 2.05) is 38.1 Å². The number of aromatic nitrogens is 1. The summed E-state index contributed by atoms with van der Waals surface area (Å²) in [7, 11) is 0. The van der Waals surface area contributed by atoms with Crippen molar-refractivity contribution >= 4 is 22.8 Å². The van der Waals surface area contributed by atoms with Crippen molar-refractivity contribution in [2.75, 3.05) is 6.61 Å². The van der Waals surface area contributed by atoms with Gasteiger partial charge in [0.2, 0.25) is 5.78 Å². The first kappa shape index (κ1) is 16.5. The number of aryl methyl sites for hydroxylation is 1. The standard InChI is InChI=1S/C22H21NO3/c1-4-23-13-15(16-8-6-7-9-18(16)23)12-20-21(24)17-10-11-19(25-5-2)14(3)22(17)26-20/h6-13H,4-5H2,1-3H3. The summed E-state index contributed by atoms with van der Waals surface area (Å²) in [5, 5.41) is 1.11. The Hall–Kier alpha value is -3.01. The van der Waals surface area contributed by atoms with Crippen LogP contribution in [0.2, 0.25) is 0 Å². The highest BCUT2D eigenvalue weighted by molar-refractivity contribution is 6.15. The molecule has 4 nitrogen and oxygen atoms in total. The van der Waals surface area contributed by atoms with Crippen molar-refractivity contribution in [2.24, 2.45) is 0 Å². The highest BCUT2D eigenvalue weighted by atomic mass is 16.5. The van der Waals surface area contributed by atoms with Crippen molar-refractivity contribution in [1.82, 2.24) is 4.57 Å². The summed E-state index contributed by atoms with van der Waals surface area (Å²) >= 11 is 0. The topological polar surface area (TPSA) is 40.5 Å². The molecule has 2 aromatic carbocycles. The van der Waals surface area contributed by atoms with E-state index in [0.717, 1.165) is 34.3 Å². The number of hydrogen-bond acceptors (Lipinski definition) is 3. The molecule has 0 fully saturated rings. The summed E-state index contributed by atoms with van der Waals surface area (Å²) < 4.78 is 13.7. The molecule has 4 rings (SSSR count). The lowest BCUT2D eigenvalue weighted by Gasteiger charge is -2.09. The molecule has 0 amide bonds. The summed E-state index contributed by atoms with van der Waals surface area (Å²) in [5.41, 5.74) is 3.59. The second kappa shape index (κ2) is 6.37. The van der Waals surface area contributed by atoms with Gasteiger partial charge in [0.1, 0.15) is 11.5 Å². The molecule has 0 spiro atoms. The van der Waals surface area contributed by atoms with Crippen molar-refractivity contribution in [1.29, 1.82) is 0 Å². The molecule has 2 heterocycles. The molecule has 0 bridgehead atoms.